The number of nitrogens with one attached hydrogen (secondary N) is 2. The molecule has 0 aromatic heterocycles. The number of likely N-dealkylation sites (N-methyl/N-ethyl adjacent to an activating group) is 1. The number of rotatable bonds is 9. The highest BCUT2D eigenvalue weighted by Crippen LogP contribution is 2.24. The maximum absolute atomic E-state index is 12.5. The van der Waals surface area contributed by atoms with Crippen LogP contribution in [-0.4, -0.2) is 46.2 Å². The van der Waals surface area contributed by atoms with Gasteiger partial charge in [-0.2, -0.15) is 0 Å². The van der Waals surface area contributed by atoms with Crippen molar-refractivity contribution in [3.8, 4) is 0 Å². The van der Waals surface area contributed by atoms with Crippen LogP contribution in [0.3, 0.4) is 0 Å². The highest BCUT2D eigenvalue weighted by Gasteiger charge is 2.20. The van der Waals surface area contributed by atoms with E-state index < -0.39 is 27.1 Å². The van der Waals surface area contributed by atoms with Gasteiger partial charge in [-0.3, -0.25) is 34.7 Å². The summed E-state index contributed by atoms with van der Waals surface area (Å²) >= 11 is 0. The molecule has 0 fully saturated rings. The smallest absolute Gasteiger partial charge is 0.277 e. The maximum atomic E-state index is 12.5. The Kier molecular flexibility index (Phi) is 7.75. The van der Waals surface area contributed by atoms with Crippen molar-refractivity contribution >= 4 is 34.6 Å². The second kappa shape index (κ2) is 10.3. The summed E-state index contributed by atoms with van der Waals surface area (Å²) in [5.41, 5.74) is 0.328. The third kappa shape index (κ3) is 6.31. The summed E-state index contributed by atoms with van der Waals surface area (Å²) in [6.07, 6.45) is 0. The van der Waals surface area contributed by atoms with Gasteiger partial charge >= 0.3 is 0 Å². The molecule has 0 saturated heterocycles. The number of non-ortho nitro benzene ring substituents is 2. The average Bonchev–Trinajstić information content (AvgIpc) is 2.73. The first-order valence-corrected chi connectivity index (χ1v) is 9.52. The Labute approximate surface area is 178 Å². The van der Waals surface area contributed by atoms with Crippen molar-refractivity contribution < 1.29 is 19.4 Å². The summed E-state index contributed by atoms with van der Waals surface area (Å²) in [5.74, 6) is -0.892. The lowest BCUT2D eigenvalue weighted by Crippen LogP contribution is -2.33. The Hall–Kier alpha value is -3.86. The maximum Gasteiger partial charge on any atom is 0.277 e. The topological polar surface area (TPSA) is 148 Å². The highest BCUT2D eigenvalue weighted by molar-refractivity contribution is 6.05. The minimum absolute atomic E-state index is 0.160. The molecule has 164 valence electrons. The Balaban J connectivity index is 2.16. The zero-order chi connectivity index (χ0) is 23.1. The number of anilines is 2. The van der Waals surface area contributed by atoms with E-state index in [1.54, 1.807) is 25.1 Å². The van der Waals surface area contributed by atoms with Crippen LogP contribution in [0.5, 0.6) is 0 Å². The van der Waals surface area contributed by atoms with E-state index in [1.807, 2.05) is 18.7 Å². The lowest BCUT2D eigenvalue weighted by Gasteiger charge is -2.18. The second-order valence-electron chi connectivity index (χ2n) is 6.75. The summed E-state index contributed by atoms with van der Waals surface area (Å²) in [6, 6.07) is 7.53. The van der Waals surface area contributed by atoms with Gasteiger partial charge in [-0.25, -0.2) is 0 Å². The van der Waals surface area contributed by atoms with Crippen LogP contribution in [0.15, 0.2) is 36.4 Å². The first-order chi connectivity index (χ1) is 14.6. The fourth-order valence-electron chi connectivity index (χ4n) is 2.86. The number of nitrogens with zero attached hydrogens (tertiary/aromatic N) is 3. The molecule has 2 aromatic rings. The predicted octanol–water partition coefficient (Wildman–Crippen LogP) is 3.34. The van der Waals surface area contributed by atoms with Crippen LogP contribution in [0.2, 0.25) is 0 Å². The Bertz CT molecular complexity index is 987. The number of hydrogen-bond donors (Lipinski definition) is 2. The van der Waals surface area contributed by atoms with E-state index in [9.17, 15) is 29.8 Å². The van der Waals surface area contributed by atoms with E-state index in [-0.39, 0.29) is 18.0 Å². The van der Waals surface area contributed by atoms with E-state index in [0.29, 0.717) is 16.9 Å². The standard InChI is InChI=1S/C20H23N5O6/c1-4-23(5-2)12-19(26)22-18-7-6-15(8-13(18)3)21-20(27)14-9-16(24(28)29)11-17(10-14)25(30)31/h6-11H,4-5,12H2,1-3H3,(H,21,27)(H,22,26). The first kappa shape index (κ1) is 23.4. The lowest BCUT2D eigenvalue weighted by molar-refractivity contribution is -0.394. The van der Waals surface area contributed by atoms with Crippen molar-refractivity contribution in [3.63, 3.8) is 0 Å². The average molecular weight is 429 g/mol. The number of nitro benzene ring substituents is 2. The van der Waals surface area contributed by atoms with E-state index in [0.717, 1.165) is 31.3 Å². The summed E-state index contributed by atoms with van der Waals surface area (Å²) in [5, 5.41) is 27.4. The van der Waals surface area contributed by atoms with Gasteiger partial charge in [0.15, 0.2) is 0 Å². The zero-order valence-corrected chi connectivity index (χ0v) is 17.4. The number of amides is 2. The summed E-state index contributed by atoms with van der Waals surface area (Å²) in [4.78, 5) is 47.0. The number of benzene rings is 2. The normalized spacial score (nSPS) is 10.6. The number of aryl methyl sites for hydroxylation is 1. The molecular formula is C20H23N5O6. The van der Waals surface area contributed by atoms with Gasteiger partial charge in [-0.15, -0.1) is 0 Å². The second-order valence-corrected chi connectivity index (χ2v) is 6.75. The Morgan fingerprint density at radius 1 is 0.935 bits per heavy atom. The minimum Gasteiger partial charge on any atom is -0.325 e. The van der Waals surface area contributed by atoms with Gasteiger partial charge in [0.25, 0.3) is 17.3 Å². The predicted molar refractivity (Wildman–Crippen MR) is 115 cm³/mol. The molecule has 11 nitrogen and oxygen atoms in total. The fraction of sp³-hybridized carbons (Fsp3) is 0.300. The third-order valence-electron chi connectivity index (χ3n) is 4.61. The van der Waals surface area contributed by atoms with Gasteiger partial charge in [0, 0.05) is 23.5 Å². The third-order valence-corrected chi connectivity index (χ3v) is 4.61. The quantitative estimate of drug-likeness (QED) is 0.459. The molecule has 0 heterocycles. The SMILES string of the molecule is CCN(CC)CC(=O)Nc1ccc(NC(=O)c2cc([N+](=O)[O-])cc([N+](=O)[O-])c2)cc1C. The molecule has 0 aliphatic rings. The molecule has 0 unspecified atom stereocenters. The number of carbonyl (C=O) groups excluding carboxylic acids is 2. The highest BCUT2D eigenvalue weighted by atomic mass is 16.6. The summed E-state index contributed by atoms with van der Waals surface area (Å²) < 4.78 is 0. The van der Waals surface area contributed by atoms with Crippen LogP contribution in [0, 0.1) is 27.2 Å². The van der Waals surface area contributed by atoms with E-state index >= 15 is 0 Å². The molecule has 0 spiro atoms. The molecular weight excluding hydrogens is 406 g/mol. The van der Waals surface area contributed by atoms with Crippen molar-refractivity contribution in [1.82, 2.24) is 4.90 Å². The van der Waals surface area contributed by atoms with E-state index in [4.69, 9.17) is 0 Å². The van der Waals surface area contributed by atoms with Crippen LogP contribution in [-0.2, 0) is 4.79 Å². The lowest BCUT2D eigenvalue weighted by atomic mass is 10.1. The van der Waals surface area contributed by atoms with Gasteiger partial charge < -0.3 is 10.6 Å². The summed E-state index contributed by atoms with van der Waals surface area (Å²) in [6.45, 7) is 7.45. The Morgan fingerprint density at radius 3 is 2.00 bits per heavy atom. The zero-order valence-electron chi connectivity index (χ0n) is 17.4. The van der Waals surface area contributed by atoms with Gasteiger partial charge in [-0.1, -0.05) is 13.8 Å². The molecule has 0 aliphatic heterocycles. The van der Waals surface area contributed by atoms with Crippen LogP contribution >= 0.6 is 0 Å². The van der Waals surface area contributed by atoms with Gasteiger partial charge in [0.05, 0.1) is 28.0 Å². The first-order valence-electron chi connectivity index (χ1n) is 9.52. The van der Waals surface area contributed by atoms with Crippen LogP contribution < -0.4 is 10.6 Å². The number of carbonyl (C=O) groups is 2. The summed E-state index contributed by atoms with van der Waals surface area (Å²) in [7, 11) is 0. The van der Waals surface area contributed by atoms with Crippen molar-refractivity contribution in [2.75, 3.05) is 30.3 Å². The number of nitro groups is 2. The van der Waals surface area contributed by atoms with Gasteiger partial charge in [-0.05, 0) is 43.8 Å². The molecule has 0 bridgehead atoms. The van der Waals surface area contributed by atoms with Crippen LogP contribution in [0.25, 0.3) is 0 Å². The molecule has 2 rings (SSSR count). The van der Waals surface area contributed by atoms with Crippen LogP contribution in [0.4, 0.5) is 22.7 Å². The fourth-order valence-corrected chi connectivity index (χ4v) is 2.86. The molecule has 2 aromatic carbocycles. The molecule has 2 amide bonds. The van der Waals surface area contributed by atoms with Crippen molar-refractivity contribution in [1.29, 1.82) is 0 Å². The molecule has 11 heteroatoms. The molecule has 0 atom stereocenters. The molecule has 0 radical (unpaired) electrons. The molecule has 31 heavy (non-hydrogen) atoms. The van der Waals surface area contributed by atoms with Crippen molar-refractivity contribution in [2.24, 2.45) is 0 Å². The van der Waals surface area contributed by atoms with E-state index in [1.165, 1.54) is 0 Å². The monoisotopic (exact) mass is 429 g/mol. The largest absolute Gasteiger partial charge is 0.325 e. The van der Waals surface area contributed by atoms with E-state index in [2.05, 4.69) is 10.6 Å². The molecule has 2 N–H and O–H groups in total. The number of hydrogen-bond acceptors (Lipinski definition) is 7. The van der Waals surface area contributed by atoms with Crippen LogP contribution in [0.1, 0.15) is 29.8 Å². The van der Waals surface area contributed by atoms with Gasteiger partial charge in [0.2, 0.25) is 5.91 Å². The van der Waals surface area contributed by atoms with Crippen molar-refractivity contribution in [2.45, 2.75) is 20.8 Å². The molecule has 0 aliphatic carbocycles. The minimum atomic E-state index is -0.802. The molecule has 0 saturated carbocycles. The van der Waals surface area contributed by atoms with Crippen molar-refractivity contribution in [3.05, 3.63) is 67.8 Å². The van der Waals surface area contributed by atoms with Gasteiger partial charge in [0.1, 0.15) is 0 Å². The Morgan fingerprint density at radius 2 is 1.52 bits per heavy atom.